The van der Waals surface area contributed by atoms with Gasteiger partial charge >= 0.3 is 6.03 Å². The smallest absolute Gasteiger partial charge is 0.314 e. The average Bonchev–Trinajstić information content (AvgIpc) is 3.15. The van der Waals surface area contributed by atoms with Crippen LogP contribution in [0.3, 0.4) is 0 Å². The molecule has 3 rings (SSSR count). The van der Waals surface area contributed by atoms with Crippen LogP contribution in [0, 0.1) is 0 Å². The molecule has 0 spiro atoms. The maximum absolute atomic E-state index is 13.0. The van der Waals surface area contributed by atoms with E-state index in [1.54, 1.807) is 30.5 Å². The number of urea groups is 1. The lowest BCUT2D eigenvalue weighted by atomic mass is 9.94. The highest BCUT2D eigenvalue weighted by Crippen LogP contribution is 2.29. The van der Waals surface area contributed by atoms with Gasteiger partial charge in [-0.1, -0.05) is 29.3 Å². The van der Waals surface area contributed by atoms with Crippen LogP contribution in [-0.4, -0.2) is 35.7 Å². The van der Waals surface area contributed by atoms with Gasteiger partial charge in [-0.15, -0.1) is 0 Å². The Kier molecular flexibility index (Phi) is 6.38. The Labute approximate surface area is 171 Å². The molecule has 9 heteroatoms. The Balaban J connectivity index is 1.80. The van der Waals surface area contributed by atoms with Crippen LogP contribution in [0.4, 0.5) is 10.5 Å². The van der Waals surface area contributed by atoms with Crippen LogP contribution in [0.1, 0.15) is 17.9 Å². The fourth-order valence-electron chi connectivity index (χ4n) is 2.85. The molecule has 146 valence electrons. The van der Waals surface area contributed by atoms with E-state index in [0.29, 0.717) is 28.7 Å². The average molecular weight is 420 g/mol. The fraction of sp³-hybridized carbons (Fsp3) is 0.211. The molecule has 0 aliphatic rings. The van der Waals surface area contributed by atoms with Crippen LogP contribution < -0.4 is 16.0 Å². The number of aromatic nitrogens is 2. The summed E-state index contributed by atoms with van der Waals surface area (Å²) in [5.41, 5.74) is 2.26. The van der Waals surface area contributed by atoms with Crippen molar-refractivity contribution in [1.82, 2.24) is 20.8 Å². The van der Waals surface area contributed by atoms with Crippen molar-refractivity contribution in [3.8, 4) is 0 Å². The van der Waals surface area contributed by atoms with Crippen molar-refractivity contribution in [3.05, 3.63) is 58.2 Å². The van der Waals surface area contributed by atoms with Crippen LogP contribution >= 0.6 is 23.2 Å². The highest BCUT2D eigenvalue weighted by atomic mass is 35.5. The molecule has 1 aromatic heterocycles. The van der Waals surface area contributed by atoms with E-state index in [0.717, 1.165) is 16.5 Å². The molecule has 0 radical (unpaired) electrons. The van der Waals surface area contributed by atoms with Crippen molar-refractivity contribution in [2.75, 3.05) is 18.9 Å². The predicted molar refractivity (Wildman–Crippen MR) is 111 cm³/mol. The number of aromatic amines is 1. The van der Waals surface area contributed by atoms with Crippen molar-refractivity contribution in [2.24, 2.45) is 0 Å². The highest BCUT2D eigenvalue weighted by molar-refractivity contribution is 6.42. The van der Waals surface area contributed by atoms with Crippen LogP contribution in [0.15, 0.2) is 42.6 Å². The van der Waals surface area contributed by atoms with Gasteiger partial charge in [0.1, 0.15) is 0 Å². The molecule has 3 amide bonds. The molecule has 0 aliphatic carbocycles. The molecule has 2 aromatic carbocycles. The standard InChI is InChI=1S/C19H19Cl2N5O2/c1-22-19(28)23-7-6-14(11-2-4-15(20)16(21)9-11)18(27)25-13-3-5-17-12(8-13)10-24-26-17/h2-5,8-10,14H,6-7H2,1H3,(H,24,26)(H,25,27)(H2,22,23,28). The SMILES string of the molecule is CNC(=O)NCCC(C(=O)Nc1ccc2[nH]ncc2c1)c1ccc(Cl)c(Cl)c1. The fourth-order valence-corrected chi connectivity index (χ4v) is 3.15. The number of carbonyl (C=O) groups excluding carboxylic acids is 2. The largest absolute Gasteiger partial charge is 0.341 e. The number of amides is 3. The first kappa shape index (κ1) is 20.0. The zero-order chi connectivity index (χ0) is 20.1. The van der Waals surface area contributed by atoms with Gasteiger partial charge in [-0.2, -0.15) is 5.10 Å². The van der Waals surface area contributed by atoms with Crippen molar-refractivity contribution in [3.63, 3.8) is 0 Å². The molecule has 1 unspecified atom stereocenters. The molecule has 0 aliphatic heterocycles. The number of H-pyrrole nitrogens is 1. The number of nitrogens with zero attached hydrogens (tertiary/aromatic N) is 1. The normalized spacial score (nSPS) is 11.8. The van der Waals surface area contributed by atoms with E-state index in [1.165, 1.54) is 7.05 Å². The minimum atomic E-state index is -0.521. The van der Waals surface area contributed by atoms with E-state index in [4.69, 9.17) is 23.2 Å². The van der Waals surface area contributed by atoms with Gasteiger partial charge in [-0.05, 0) is 42.3 Å². The number of anilines is 1. The summed E-state index contributed by atoms with van der Waals surface area (Å²) in [7, 11) is 1.53. The first-order valence-corrected chi connectivity index (χ1v) is 9.38. The van der Waals surface area contributed by atoms with Crippen molar-refractivity contribution < 1.29 is 9.59 Å². The number of fused-ring (bicyclic) bond motifs is 1. The number of carbonyl (C=O) groups is 2. The van der Waals surface area contributed by atoms with E-state index in [9.17, 15) is 9.59 Å². The molecular weight excluding hydrogens is 401 g/mol. The monoisotopic (exact) mass is 419 g/mol. The van der Waals surface area contributed by atoms with Gasteiger partial charge in [0.25, 0.3) is 0 Å². The lowest BCUT2D eigenvalue weighted by Gasteiger charge is -2.18. The van der Waals surface area contributed by atoms with Gasteiger partial charge in [0.15, 0.2) is 0 Å². The highest BCUT2D eigenvalue weighted by Gasteiger charge is 2.22. The Bertz CT molecular complexity index is 1000. The van der Waals surface area contributed by atoms with Gasteiger partial charge in [-0.3, -0.25) is 9.89 Å². The second kappa shape index (κ2) is 8.95. The summed E-state index contributed by atoms with van der Waals surface area (Å²) in [6, 6.07) is 10.3. The van der Waals surface area contributed by atoms with Crippen LogP contribution in [0.5, 0.6) is 0 Å². The summed E-state index contributed by atoms with van der Waals surface area (Å²) in [5.74, 6) is -0.730. The molecule has 28 heavy (non-hydrogen) atoms. The second-order valence-corrected chi connectivity index (χ2v) is 7.00. The van der Waals surface area contributed by atoms with Crippen LogP contribution in [0.25, 0.3) is 10.9 Å². The number of benzene rings is 2. The number of nitrogens with one attached hydrogen (secondary N) is 4. The molecule has 0 bridgehead atoms. The van der Waals surface area contributed by atoms with E-state index >= 15 is 0 Å². The molecule has 1 heterocycles. The lowest BCUT2D eigenvalue weighted by Crippen LogP contribution is -2.35. The Morgan fingerprint density at radius 3 is 2.71 bits per heavy atom. The third-order valence-corrected chi connectivity index (χ3v) is 5.05. The minimum Gasteiger partial charge on any atom is -0.341 e. The maximum atomic E-state index is 13.0. The summed E-state index contributed by atoms with van der Waals surface area (Å²) >= 11 is 12.1. The third kappa shape index (κ3) is 4.74. The molecule has 0 saturated carbocycles. The van der Waals surface area contributed by atoms with Gasteiger partial charge in [0, 0.05) is 24.7 Å². The zero-order valence-corrected chi connectivity index (χ0v) is 16.6. The van der Waals surface area contributed by atoms with Crippen LogP contribution in [0.2, 0.25) is 10.0 Å². The minimum absolute atomic E-state index is 0.208. The van der Waals surface area contributed by atoms with Gasteiger partial charge in [-0.25, -0.2) is 4.79 Å². The molecule has 1 atom stereocenters. The number of halogens is 2. The van der Waals surface area contributed by atoms with E-state index in [-0.39, 0.29) is 11.9 Å². The van der Waals surface area contributed by atoms with Gasteiger partial charge in [0.2, 0.25) is 5.91 Å². The maximum Gasteiger partial charge on any atom is 0.314 e. The quantitative estimate of drug-likeness (QED) is 0.487. The summed E-state index contributed by atoms with van der Waals surface area (Å²) in [6.45, 7) is 0.318. The molecule has 4 N–H and O–H groups in total. The molecule has 0 fully saturated rings. The number of rotatable bonds is 6. The predicted octanol–water partition coefficient (Wildman–Crippen LogP) is 3.91. The third-order valence-electron chi connectivity index (χ3n) is 4.32. The van der Waals surface area contributed by atoms with Gasteiger partial charge < -0.3 is 16.0 Å². The summed E-state index contributed by atoms with van der Waals surface area (Å²) in [5, 5.41) is 16.6. The van der Waals surface area contributed by atoms with Crippen LogP contribution in [-0.2, 0) is 4.79 Å². The Hall–Kier alpha value is -2.77. The molecule has 0 saturated heterocycles. The van der Waals surface area contributed by atoms with Crippen molar-refractivity contribution in [1.29, 1.82) is 0 Å². The van der Waals surface area contributed by atoms with Gasteiger partial charge in [0.05, 0.1) is 27.7 Å². The molecule has 7 nitrogen and oxygen atoms in total. The molecule has 3 aromatic rings. The number of hydrogen-bond donors (Lipinski definition) is 4. The Morgan fingerprint density at radius 2 is 1.96 bits per heavy atom. The van der Waals surface area contributed by atoms with Crippen molar-refractivity contribution >= 4 is 51.7 Å². The molecular formula is C19H19Cl2N5O2. The zero-order valence-electron chi connectivity index (χ0n) is 15.1. The lowest BCUT2D eigenvalue weighted by molar-refractivity contribution is -0.117. The summed E-state index contributed by atoms with van der Waals surface area (Å²) in [6.07, 6.45) is 2.08. The summed E-state index contributed by atoms with van der Waals surface area (Å²) < 4.78 is 0. The van der Waals surface area contributed by atoms with E-state index < -0.39 is 5.92 Å². The first-order chi connectivity index (χ1) is 13.5. The van der Waals surface area contributed by atoms with Crippen molar-refractivity contribution in [2.45, 2.75) is 12.3 Å². The summed E-state index contributed by atoms with van der Waals surface area (Å²) in [4.78, 5) is 24.4. The Morgan fingerprint density at radius 1 is 1.14 bits per heavy atom. The topological polar surface area (TPSA) is 98.9 Å². The van der Waals surface area contributed by atoms with E-state index in [2.05, 4.69) is 26.1 Å². The second-order valence-electron chi connectivity index (χ2n) is 6.18. The number of hydrogen-bond acceptors (Lipinski definition) is 3. The first-order valence-electron chi connectivity index (χ1n) is 8.62. The van der Waals surface area contributed by atoms with E-state index in [1.807, 2.05) is 12.1 Å².